The van der Waals surface area contributed by atoms with Crippen molar-refractivity contribution in [1.82, 2.24) is 5.32 Å². The van der Waals surface area contributed by atoms with Gasteiger partial charge in [-0.1, -0.05) is 25.7 Å². The molecule has 1 heterocycles. The van der Waals surface area contributed by atoms with Crippen LogP contribution in [0, 0.1) is 5.92 Å². The highest BCUT2D eigenvalue weighted by Gasteiger charge is 2.29. The van der Waals surface area contributed by atoms with E-state index in [0.29, 0.717) is 11.9 Å². The number of hydrogen-bond donors (Lipinski definition) is 2. The summed E-state index contributed by atoms with van der Waals surface area (Å²) in [6, 6.07) is 6.38. The fraction of sp³-hybridized carbons (Fsp3) is 0.682. The maximum absolute atomic E-state index is 12.7. The van der Waals surface area contributed by atoms with Gasteiger partial charge in [-0.05, 0) is 31.0 Å². The summed E-state index contributed by atoms with van der Waals surface area (Å²) in [5, 5.41) is 3.34. The van der Waals surface area contributed by atoms with Gasteiger partial charge in [-0.25, -0.2) is 0 Å². The summed E-state index contributed by atoms with van der Waals surface area (Å²) in [6.45, 7) is 2.98. The van der Waals surface area contributed by atoms with Gasteiger partial charge in [0, 0.05) is 24.8 Å². The third kappa shape index (κ3) is 5.61. The highest BCUT2D eigenvalue weighted by Crippen LogP contribution is 2.23. The molecule has 0 aromatic heterocycles. The number of hydrogen-bond acceptors (Lipinski definition) is 3. The number of benzene rings is 1. The lowest BCUT2D eigenvalue weighted by atomic mass is 9.94. The second-order valence-electron chi connectivity index (χ2n) is 8.08. The molecule has 5 heteroatoms. The summed E-state index contributed by atoms with van der Waals surface area (Å²) in [6.07, 6.45) is 9.42. The molecule has 27 heavy (non-hydrogen) atoms. The maximum atomic E-state index is 12.7. The molecule has 1 saturated carbocycles. The van der Waals surface area contributed by atoms with E-state index in [1.54, 1.807) is 14.2 Å². The number of quaternary nitrogens is 1. The van der Waals surface area contributed by atoms with Crippen molar-refractivity contribution in [1.29, 1.82) is 0 Å². The van der Waals surface area contributed by atoms with E-state index in [1.807, 2.05) is 12.1 Å². The Bertz CT molecular complexity index is 604. The molecule has 1 aliphatic carbocycles. The van der Waals surface area contributed by atoms with E-state index in [2.05, 4.69) is 11.4 Å². The van der Waals surface area contributed by atoms with Gasteiger partial charge in [0.1, 0.15) is 18.0 Å². The van der Waals surface area contributed by atoms with Gasteiger partial charge < -0.3 is 19.7 Å². The quantitative estimate of drug-likeness (QED) is 0.751. The van der Waals surface area contributed by atoms with Crippen LogP contribution in [0.5, 0.6) is 11.5 Å². The first-order valence-electron chi connectivity index (χ1n) is 10.5. The monoisotopic (exact) mass is 375 g/mol. The molecular formula is C22H35N2O3+. The minimum Gasteiger partial charge on any atom is -0.497 e. The highest BCUT2D eigenvalue weighted by molar-refractivity contribution is 5.79. The smallest absolute Gasteiger partial charge is 0.223 e. The Morgan fingerprint density at radius 2 is 1.74 bits per heavy atom. The summed E-state index contributed by atoms with van der Waals surface area (Å²) in [4.78, 5) is 14.2. The van der Waals surface area contributed by atoms with Crippen LogP contribution in [0.25, 0.3) is 0 Å². The van der Waals surface area contributed by atoms with Crippen LogP contribution in [0.3, 0.4) is 0 Å². The lowest BCUT2D eigenvalue weighted by Crippen LogP contribution is -3.11. The minimum atomic E-state index is 0.184. The third-order valence-corrected chi connectivity index (χ3v) is 6.19. The zero-order valence-corrected chi connectivity index (χ0v) is 16.9. The van der Waals surface area contributed by atoms with Crippen LogP contribution in [0.1, 0.15) is 56.9 Å². The molecule has 5 nitrogen and oxygen atoms in total. The molecule has 2 aliphatic rings. The maximum Gasteiger partial charge on any atom is 0.223 e. The zero-order chi connectivity index (χ0) is 19.1. The summed E-state index contributed by atoms with van der Waals surface area (Å²) in [5.41, 5.74) is 1.17. The van der Waals surface area contributed by atoms with Gasteiger partial charge in [-0.3, -0.25) is 4.79 Å². The number of nitrogens with one attached hydrogen (secondary N) is 2. The molecule has 3 rings (SSSR count). The Morgan fingerprint density at radius 3 is 2.37 bits per heavy atom. The Hall–Kier alpha value is -1.75. The number of carbonyl (C=O) groups excluding carboxylic acids is 1. The predicted octanol–water partition coefficient (Wildman–Crippen LogP) is 2.34. The topological polar surface area (TPSA) is 52.0 Å². The molecule has 0 spiro atoms. The summed E-state index contributed by atoms with van der Waals surface area (Å²) in [7, 11) is 3.40. The molecule has 150 valence electrons. The molecule has 1 amide bonds. The minimum absolute atomic E-state index is 0.184. The van der Waals surface area contributed by atoms with Crippen LogP contribution in [-0.4, -0.2) is 39.3 Å². The Kier molecular flexibility index (Phi) is 7.39. The lowest BCUT2D eigenvalue weighted by Gasteiger charge is -2.30. The summed E-state index contributed by atoms with van der Waals surface area (Å²) < 4.78 is 10.9. The molecule has 2 fully saturated rings. The van der Waals surface area contributed by atoms with Crippen molar-refractivity contribution in [3.63, 3.8) is 0 Å². The van der Waals surface area contributed by atoms with Crippen LogP contribution in [0.2, 0.25) is 0 Å². The average molecular weight is 376 g/mol. The number of likely N-dealkylation sites (tertiary alicyclic amines) is 1. The third-order valence-electron chi connectivity index (χ3n) is 6.19. The van der Waals surface area contributed by atoms with Gasteiger partial charge in [0.25, 0.3) is 0 Å². The zero-order valence-electron chi connectivity index (χ0n) is 16.9. The molecular weight excluding hydrogens is 340 g/mol. The van der Waals surface area contributed by atoms with Crippen molar-refractivity contribution in [2.75, 3.05) is 27.3 Å². The van der Waals surface area contributed by atoms with Gasteiger partial charge in [0.2, 0.25) is 5.91 Å². The Balaban J connectivity index is 1.49. The normalized spacial score (nSPS) is 24.1. The molecule has 1 aromatic rings. The fourth-order valence-electron chi connectivity index (χ4n) is 4.50. The van der Waals surface area contributed by atoms with Crippen LogP contribution in [0.4, 0.5) is 0 Å². The van der Waals surface area contributed by atoms with E-state index >= 15 is 0 Å². The van der Waals surface area contributed by atoms with Crippen LogP contribution < -0.4 is 19.7 Å². The molecule has 0 radical (unpaired) electrons. The molecule has 0 bridgehead atoms. The van der Waals surface area contributed by atoms with E-state index in [-0.39, 0.29) is 5.92 Å². The van der Waals surface area contributed by atoms with E-state index in [9.17, 15) is 4.79 Å². The van der Waals surface area contributed by atoms with Crippen molar-refractivity contribution in [2.45, 2.75) is 64.0 Å². The van der Waals surface area contributed by atoms with Crippen LogP contribution in [-0.2, 0) is 11.3 Å². The Labute approximate surface area is 163 Å². The van der Waals surface area contributed by atoms with Gasteiger partial charge in [-0.15, -0.1) is 0 Å². The van der Waals surface area contributed by atoms with Crippen molar-refractivity contribution in [2.24, 2.45) is 5.92 Å². The van der Waals surface area contributed by atoms with Crippen molar-refractivity contribution in [3.8, 4) is 11.5 Å². The first kappa shape index (κ1) is 20.0. The first-order valence-corrected chi connectivity index (χ1v) is 10.5. The second-order valence-corrected chi connectivity index (χ2v) is 8.08. The summed E-state index contributed by atoms with van der Waals surface area (Å²) in [5.74, 6) is 2.25. The molecule has 1 saturated heterocycles. The van der Waals surface area contributed by atoms with Crippen molar-refractivity contribution >= 4 is 5.91 Å². The number of rotatable bonds is 6. The number of piperidine rings is 1. The molecule has 0 unspecified atom stereocenters. The van der Waals surface area contributed by atoms with Gasteiger partial charge >= 0.3 is 0 Å². The predicted molar refractivity (Wildman–Crippen MR) is 106 cm³/mol. The number of carbonyl (C=O) groups is 1. The molecule has 1 aromatic carbocycles. The number of methoxy groups -OCH3 is 2. The second kappa shape index (κ2) is 9.98. The van der Waals surface area contributed by atoms with Crippen LogP contribution in [0.15, 0.2) is 18.2 Å². The highest BCUT2D eigenvalue weighted by atomic mass is 16.5. The van der Waals surface area contributed by atoms with E-state index in [1.165, 1.54) is 36.1 Å². The number of ether oxygens (including phenoxy) is 2. The standard InChI is InChI=1S/C22H34N2O3/c1-26-20-9-10-21(27-2)18(15-20)16-24-13-11-17(12-14-24)22(25)23-19-7-5-3-4-6-8-19/h9-10,15,17,19H,3-8,11-14,16H2,1-2H3,(H,23,25)/p+1. The summed E-state index contributed by atoms with van der Waals surface area (Å²) >= 11 is 0. The van der Waals surface area contributed by atoms with Gasteiger partial charge in [0.15, 0.2) is 0 Å². The Morgan fingerprint density at radius 1 is 1.04 bits per heavy atom. The van der Waals surface area contributed by atoms with E-state index in [4.69, 9.17) is 9.47 Å². The van der Waals surface area contributed by atoms with Crippen molar-refractivity contribution < 1.29 is 19.2 Å². The lowest BCUT2D eigenvalue weighted by molar-refractivity contribution is -0.919. The average Bonchev–Trinajstić information content (AvgIpc) is 2.97. The van der Waals surface area contributed by atoms with Gasteiger partial charge in [0.05, 0.1) is 32.9 Å². The molecule has 1 aliphatic heterocycles. The van der Waals surface area contributed by atoms with E-state index in [0.717, 1.165) is 56.8 Å². The largest absolute Gasteiger partial charge is 0.497 e. The SMILES string of the molecule is COc1ccc(OC)c(C[NH+]2CCC(C(=O)NC3CCCCCC3)CC2)c1. The van der Waals surface area contributed by atoms with Gasteiger partial charge in [-0.2, -0.15) is 0 Å². The first-order chi connectivity index (χ1) is 13.2. The molecule has 2 N–H and O–H groups in total. The van der Waals surface area contributed by atoms with E-state index < -0.39 is 0 Å². The van der Waals surface area contributed by atoms with Crippen LogP contribution >= 0.6 is 0 Å². The molecule has 0 atom stereocenters. The number of amides is 1. The fourth-order valence-corrected chi connectivity index (χ4v) is 4.50. The van der Waals surface area contributed by atoms with Crippen molar-refractivity contribution in [3.05, 3.63) is 23.8 Å².